The van der Waals surface area contributed by atoms with Crippen molar-refractivity contribution in [1.82, 2.24) is 9.97 Å². The number of rotatable bonds is 1. The van der Waals surface area contributed by atoms with E-state index in [1.165, 1.54) is 0 Å². The van der Waals surface area contributed by atoms with Crippen molar-refractivity contribution >= 4 is 11.6 Å². The third-order valence-electron chi connectivity index (χ3n) is 1.62. The normalized spacial score (nSPS) is 9.71. The maximum Gasteiger partial charge on any atom is 0.232 e. The lowest BCUT2D eigenvalue weighted by atomic mass is 10.3. The Balaban J connectivity index is 2.50. The van der Waals surface area contributed by atoms with Gasteiger partial charge in [-0.05, 0) is 23.7 Å². The minimum atomic E-state index is 0.0133. The lowest BCUT2D eigenvalue weighted by Crippen LogP contribution is -1.78. The van der Waals surface area contributed by atoms with E-state index >= 15 is 0 Å². The van der Waals surface area contributed by atoms with E-state index in [0.29, 0.717) is 5.89 Å². The first-order chi connectivity index (χ1) is 6.81. The Morgan fingerprint density at radius 3 is 2.64 bits per heavy atom. The van der Waals surface area contributed by atoms with Crippen LogP contribution in [0.15, 0.2) is 28.9 Å². The molecule has 0 aromatic carbocycles. The molecule has 4 nitrogen and oxygen atoms in total. The summed E-state index contributed by atoms with van der Waals surface area (Å²) in [5.41, 5.74) is 0.835. The Morgan fingerprint density at radius 2 is 2.07 bits per heavy atom. The summed E-state index contributed by atoms with van der Waals surface area (Å²) in [5, 5.41) is 8.62. The molecule has 0 radical (unpaired) electrons. The summed E-state index contributed by atoms with van der Waals surface area (Å²) in [7, 11) is 0. The highest BCUT2D eigenvalue weighted by Crippen LogP contribution is 2.23. The fraction of sp³-hybridized carbons (Fsp3) is 0. The summed E-state index contributed by atoms with van der Waals surface area (Å²) in [4.78, 5) is 7.76. The summed E-state index contributed by atoms with van der Waals surface area (Å²) >= 11 is 5.63. The van der Waals surface area contributed by atoms with Gasteiger partial charge >= 0.3 is 0 Å². The van der Waals surface area contributed by atoms with Crippen LogP contribution in [-0.2, 0) is 0 Å². The van der Waals surface area contributed by atoms with Gasteiger partial charge in [-0.1, -0.05) is 0 Å². The number of oxazole rings is 1. The fourth-order valence-electron chi connectivity index (χ4n) is 0.988. The molecule has 2 aromatic heterocycles. The molecule has 0 aliphatic heterocycles. The highest BCUT2D eigenvalue weighted by Gasteiger charge is 2.11. The van der Waals surface area contributed by atoms with E-state index in [2.05, 4.69) is 9.97 Å². The van der Waals surface area contributed by atoms with Crippen LogP contribution in [0.1, 0.15) is 5.69 Å². The van der Waals surface area contributed by atoms with E-state index in [9.17, 15) is 0 Å². The minimum Gasteiger partial charge on any atom is -0.423 e. The smallest absolute Gasteiger partial charge is 0.232 e. The molecular weight excluding hydrogens is 202 g/mol. The Bertz CT molecular complexity index is 487. The van der Waals surface area contributed by atoms with Gasteiger partial charge in [0.2, 0.25) is 11.1 Å². The van der Waals surface area contributed by atoms with E-state index in [1.54, 1.807) is 24.5 Å². The number of hydrogen-bond acceptors (Lipinski definition) is 4. The Hall–Kier alpha value is -1.86. The fourth-order valence-corrected chi connectivity index (χ4v) is 1.15. The highest BCUT2D eigenvalue weighted by atomic mass is 35.5. The third-order valence-corrected chi connectivity index (χ3v) is 1.88. The largest absolute Gasteiger partial charge is 0.423 e. The Kier molecular flexibility index (Phi) is 2.17. The minimum absolute atomic E-state index is 0.0133. The van der Waals surface area contributed by atoms with Crippen LogP contribution in [0, 0.1) is 11.3 Å². The number of halogens is 1. The molecule has 0 saturated heterocycles. The number of pyridine rings is 1. The maximum atomic E-state index is 8.61. The van der Waals surface area contributed by atoms with E-state index < -0.39 is 0 Å². The molecule has 0 spiro atoms. The van der Waals surface area contributed by atoms with Gasteiger partial charge in [-0.25, -0.2) is 0 Å². The van der Waals surface area contributed by atoms with Crippen LogP contribution in [0.25, 0.3) is 11.5 Å². The standard InChI is InChI=1S/C9H4ClN3O/c10-8-7(5-11)13-9(14-8)6-1-3-12-4-2-6/h1-4H. The zero-order valence-electron chi connectivity index (χ0n) is 6.94. The first-order valence-corrected chi connectivity index (χ1v) is 4.16. The summed E-state index contributed by atoms with van der Waals surface area (Å²) < 4.78 is 5.10. The molecule has 14 heavy (non-hydrogen) atoms. The predicted octanol–water partition coefficient (Wildman–Crippen LogP) is 2.26. The number of aromatic nitrogens is 2. The number of hydrogen-bond donors (Lipinski definition) is 0. The lowest BCUT2D eigenvalue weighted by molar-refractivity contribution is 0.576. The molecule has 2 heterocycles. The molecule has 0 atom stereocenters. The van der Waals surface area contributed by atoms with Crippen molar-refractivity contribution < 1.29 is 4.42 Å². The van der Waals surface area contributed by atoms with Crippen molar-refractivity contribution in [2.75, 3.05) is 0 Å². The zero-order chi connectivity index (χ0) is 9.97. The molecule has 0 fully saturated rings. The molecule has 0 bridgehead atoms. The van der Waals surface area contributed by atoms with Gasteiger partial charge in [0.25, 0.3) is 0 Å². The van der Waals surface area contributed by atoms with Gasteiger partial charge in [-0.2, -0.15) is 10.2 Å². The van der Waals surface area contributed by atoms with Crippen molar-refractivity contribution in [3.63, 3.8) is 0 Å². The summed E-state index contributed by atoms with van der Waals surface area (Å²) in [5.74, 6) is 0.328. The topological polar surface area (TPSA) is 62.7 Å². The monoisotopic (exact) mass is 205 g/mol. The second kappa shape index (κ2) is 3.48. The molecule has 0 N–H and O–H groups in total. The van der Waals surface area contributed by atoms with Gasteiger partial charge in [0.15, 0.2) is 5.69 Å². The summed E-state index contributed by atoms with van der Waals surface area (Å²) in [6, 6.07) is 5.28. The van der Waals surface area contributed by atoms with Gasteiger partial charge < -0.3 is 4.42 Å². The Labute approximate surface area is 84.8 Å². The van der Waals surface area contributed by atoms with Gasteiger partial charge in [-0.3, -0.25) is 4.98 Å². The quantitative estimate of drug-likeness (QED) is 0.717. The van der Waals surface area contributed by atoms with Crippen molar-refractivity contribution in [2.24, 2.45) is 0 Å². The van der Waals surface area contributed by atoms with Gasteiger partial charge in [-0.15, -0.1) is 0 Å². The van der Waals surface area contributed by atoms with E-state index in [1.807, 2.05) is 6.07 Å². The molecule has 2 aromatic rings. The van der Waals surface area contributed by atoms with Crippen LogP contribution >= 0.6 is 11.6 Å². The molecule has 0 aliphatic rings. The van der Waals surface area contributed by atoms with Crippen LogP contribution in [0.3, 0.4) is 0 Å². The van der Waals surface area contributed by atoms with Gasteiger partial charge in [0.1, 0.15) is 6.07 Å². The summed E-state index contributed by atoms with van der Waals surface area (Å²) in [6.07, 6.45) is 3.22. The van der Waals surface area contributed by atoms with Gasteiger partial charge in [0, 0.05) is 18.0 Å². The zero-order valence-corrected chi connectivity index (χ0v) is 7.69. The van der Waals surface area contributed by atoms with Gasteiger partial charge in [0.05, 0.1) is 0 Å². The molecule has 0 amide bonds. The van der Waals surface area contributed by atoms with Crippen molar-refractivity contribution in [3.8, 4) is 17.5 Å². The van der Waals surface area contributed by atoms with Crippen LogP contribution in [0.2, 0.25) is 5.22 Å². The van der Waals surface area contributed by atoms with Crippen LogP contribution in [0.5, 0.6) is 0 Å². The third kappa shape index (κ3) is 1.45. The molecule has 0 aliphatic carbocycles. The van der Waals surface area contributed by atoms with E-state index in [-0.39, 0.29) is 10.9 Å². The first-order valence-electron chi connectivity index (χ1n) is 3.78. The second-order valence-electron chi connectivity index (χ2n) is 2.49. The van der Waals surface area contributed by atoms with Crippen LogP contribution < -0.4 is 0 Å². The lowest BCUT2D eigenvalue weighted by Gasteiger charge is -1.90. The van der Waals surface area contributed by atoms with Crippen molar-refractivity contribution in [1.29, 1.82) is 5.26 Å². The highest BCUT2D eigenvalue weighted by molar-refractivity contribution is 6.29. The Morgan fingerprint density at radius 1 is 1.36 bits per heavy atom. The average molecular weight is 206 g/mol. The maximum absolute atomic E-state index is 8.61. The predicted molar refractivity (Wildman–Crippen MR) is 49.5 cm³/mol. The first kappa shape index (κ1) is 8.73. The van der Waals surface area contributed by atoms with Crippen molar-refractivity contribution in [3.05, 3.63) is 35.4 Å². The molecule has 68 valence electrons. The van der Waals surface area contributed by atoms with Crippen LogP contribution in [0.4, 0.5) is 0 Å². The molecular formula is C9H4ClN3O. The summed E-state index contributed by atoms with van der Waals surface area (Å²) in [6.45, 7) is 0. The number of nitriles is 1. The average Bonchev–Trinajstić information content (AvgIpc) is 2.61. The SMILES string of the molecule is N#Cc1nc(-c2ccncc2)oc1Cl. The molecule has 5 heteroatoms. The molecule has 0 saturated carbocycles. The van der Waals surface area contributed by atoms with Crippen molar-refractivity contribution in [2.45, 2.75) is 0 Å². The van der Waals surface area contributed by atoms with Crippen LogP contribution in [-0.4, -0.2) is 9.97 Å². The second-order valence-corrected chi connectivity index (χ2v) is 2.83. The van der Waals surface area contributed by atoms with E-state index in [4.69, 9.17) is 21.3 Å². The molecule has 0 unspecified atom stereocenters. The van der Waals surface area contributed by atoms with E-state index in [0.717, 1.165) is 5.56 Å². The number of nitrogens with zero attached hydrogens (tertiary/aromatic N) is 3. The molecule has 2 rings (SSSR count).